The lowest BCUT2D eigenvalue weighted by atomic mass is 9.94. The quantitative estimate of drug-likeness (QED) is 0.328. The van der Waals surface area contributed by atoms with Gasteiger partial charge < -0.3 is 25.5 Å². The van der Waals surface area contributed by atoms with Gasteiger partial charge in [0.15, 0.2) is 0 Å². The van der Waals surface area contributed by atoms with E-state index in [1.54, 1.807) is 7.11 Å². The SMILES string of the molecule is CNC(=O)C(Cc1c[nH]c2ccccc12)NC(=O)C(CCCc1ccc(OC)cc1)CC(=O)O. The summed E-state index contributed by atoms with van der Waals surface area (Å²) in [4.78, 5) is 40.2. The number of H-pyrrole nitrogens is 1. The largest absolute Gasteiger partial charge is 0.497 e. The number of benzene rings is 2. The third kappa shape index (κ3) is 6.60. The number of nitrogens with one attached hydrogen (secondary N) is 3. The zero-order valence-electron chi connectivity index (χ0n) is 19.5. The molecule has 3 aromatic rings. The summed E-state index contributed by atoms with van der Waals surface area (Å²) in [7, 11) is 3.12. The lowest BCUT2D eigenvalue weighted by molar-refractivity contribution is -0.141. The first-order valence-electron chi connectivity index (χ1n) is 11.3. The van der Waals surface area contributed by atoms with Crippen molar-refractivity contribution in [3.63, 3.8) is 0 Å². The molecule has 8 nitrogen and oxygen atoms in total. The topological polar surface area (TPSA) is 121 Å². The number of para-hydroxylation sites is 1. The van der Waals surface area contributed by atoms with Crippen LogP contribution in [0.4, 0.5) is 0 Å². The molecule has 0 saturated heterocycles. The standard InChI is InChI=1S/C26H31N3O5/c1-27-26(33)23(14-19-16-28-22-9-4-3-8-21(19)22)29-25(32)18(15-24(30)31)7-5-6-17-10-12-20(34-2)13-11-17/h3-4,8-13,16,18,23,28H,5-7,14-15H2,1-2H3,(H,27,33)(H,29,32)(H,30,31). The van der Waals surface area contributed by atoms with Crippen LogP contribution >= 0.6 is 0 Å². The zero-order chi connectivity index (χ0) is 24.5. The molecule has 0 fully saturated rings. The molecule has 1 aromatic heterocycles. The normalized spacial score (nSPS) is 12.6. The lowest BCUT2D eigenvalue weighted by Gasteiger charge is -2.21. The molecule has 3 rings (SSSR count). The summed E-state index contributed by atoms with van der Waals surface area (Å²) in [6.07, 6.45) is 3.59. The predicted molar refractivity (Wildman–Crippen MR) is 130 cm³/mol. The number of fused-ring (bicyclic) bond motifs is 1. The van der Waals surface area contributed by atoms with E-state index in [2.05, 4.69) is 15.6 Å². The minimum atomic E-state index is -1.04. The second-order valence-electron chi connectivity index (χ2n) is 8.27. The van der Waals surface area contributed by atoms with Crippen molar-refractivity contribution in [1.82, 2.24) is 15.6 Å². The van der Waals surface area contributed by atoms with E-state index in [9.17, 15) is 19.5 Å². The molecular weight excluding hydrogens is 434 g/mol. The van der Waals surface area contributed by atoms with Crippen LogP contribution in [0.5, 0.6) is 5.75 Å². The number of aromatic amines is 1. The molecule has 0 aliphatic carbocycles. The summed E-state index contributed by atoms with van der Waals surface area (Å²) in [5.74, 6) is -1.76. The van der Waals surface area contributed by atoms with Gasteiger partial charge >= 0.3 is 5.97 Å². The van der Waals surface area contributed by atoms with E-state index in [0.29, 0.717) is 25.7 Å². The molecule has 0 spiro atoms. The second-order valence-corrected chi connectivity index (χ2v) is 8.27. The van der Waals surface area contributed by atoms with Gasteiger partial charge in [0, 0.05) is 36.5 Å². The Morgan fingerprint density at radius 1 is 1.06 bits per heavy atom. The molecule has 0 saturated carbocycles. The minimum Gasteiger partial charge on any atom is -0.497 e. The van der Waals surface area contributed by atoms with Gasteiger partial charge in [-0.25, -0.2) is 0 Å². The van der Waals surface area contributed by atoms with Crippen molar-refractivity contribution < 1.29 is 24.2 Å². The Labute approximate surface area is 198 Å². The highest BCUT2D eigenvalue weighted by molar-refractivity contribution is 5.91. The highest BCUT2D eigenvalue weighted by Crippen LogP contribution is 2.21. The number of aliphatic carboxylic acids is 1. The number of amides is 2. The number of aryl methyl sites for hydroxylation is 1. The van der Waals surface area contributed by atoms with Crippen LogP contribution in [0.25, 0.3) is 10.9 Å². The Morgan fingerprint density at radius 3 is 2.47 bits per heavy atom. The van der Waals surface area contributed by atoms with Crippen molar-refractivity contribution >= 4 is 28.7 Å². The molecule has 8 heteroatoms. The number of carbonyl (C=O) groups excluding carboxylic acids is 2. The van der Waals surface area contributed by atoms with E-state index in [1.807, 2.05) is 54.7 Å². The van der Waals surface area contributed by atoms with E-state index < -0.39 is 23.8 Å². The van der Waals surface area contributed by atoms with Gasteiger partial charge in [0.25, 0.3) is 0 Å². The maximum Gasteiger partial charge on any atom is 0.304 e. The Hall–Kier alpha value is -3.81. The van der Waals surface area contributed by atoms with Crippen molar-refractivity contribution in [2.45, 2.75) is 38.1 Å². The van der Waals surface area contributed by atoms with E-state index in [0.717, 1.165) is 27.8 Å². The fourth-order valence-corrected chi connectivity index (χ4v) is 4.07. The number of carboxylic acids is 1. The smallest absolute Gasteiger partial charge is 0.304 e. The third-order valence-electron chi connectivity index (χ3n) is 5.95. The van der Waals surface area contributed by atoms with E-state index in [4.69, 9.17) is 4.74 Å². The molecule has 0 aliphatic rings. The van der Waals surface area contributed by atoms with Crippen molar-refractivity contribution in [1.29, 1.82) is 0 Å². The maximum absolute atomic E-state index is 13.0. The van der Waals surface area contributed by atoms with Gasteiger partial charge in [0.1, 0.15) is 11.8 Å². The number of methoxy groups -OCH3 is 1. The summed E-state index contributed by atoms with van der Waals surface area (Å²) < 4.78 is 5.16. The molecule has 34 heavy (non-hydrogen) atoms. The van der Waals surface area contributed by atoms with Crippen LogP contribution in [-0.2, 0) is 27.2 Å². The average Bonchev–Trinajstić information content (AvgIpc) is 3.25. The molecule has 0 bridgehead atoms. The Morgan fingerprint density at radius 2 is 1.79 bits per heavy atom. The van der Waals surface area contributed by atoms with Crippen LogP contribution in [0, 0.1) is 5.92 Å². The Bertz CT molecular complexity index is 1120. The molecule has 2 atom stereocenters. The third-order valence-corrected chi connectivity index (χ3v) is 5.95. The van der Waals surface area contributed by atoms with Crippen LogP contribution in [0.15, 0.2) is 54.7 Å². The van der Waals surface area contributed by atoms with Gasteiger partial charge in [-0.15, -0.1) is 0 Å². The van der Waals surface area contributed by atoms with E-state index >= 15 is 0 Å². The first-order chi connectivity index (χ1) is 16.4. The molecule has 0 aliphatic heterocycles. The number of hydrogen-bond donors (Lipinski definition) is 4. The van der Waals surface area contributed by atoms with E-state index in [1.165, 1.54) is 7.05 Å². The summed E-state index contributed by atoms with van der Waals surface area (Å²) >= 11 is 0. The van der Waals surface area contributed by atoms with E-state index in [-0.39, 0.29) is 12.3 Å². The van der Waals surface area contributed by atoms with Crippen molar-refractivity contribution in [2.24, 2.45) is 5.92 Å². The Balaban J connectivity index is 1.66. The summed E-state index contributed by atoms with van der Waals surface area (Å²) in [6, 6.07) is 14.6. The highest BCUT2D eigenvalue weighted by Gasteiger charge is 2.27. The van der Waals surface area contributed by atoms with Crippen LogP contribution in [0.2, 0.25) is 0 Å². The fourth-order valence-electron chi connectivity index (χ4n) is 4.07. The molecule has 0 radical (unpaired) electrons. The highest BCUT2D eigenvalue weighted by atomic mass is 16.5. The van der Waals surface area contributed by atoms with Gasteiger partial charge in [-0.1, -0.05) is 30.3 Å². The van der Waals surface area contributed by atoms with Crippen molar-refractivity contribution in [3.05, 3.63) is 65.9 Å². The number of rotatable bonds is 12. The molecule has 1 heterocycles. The minimum absolute atomic E-state index is 0.290. The second kappa shape index (κ2) is 11.9. The van der Waals surface area contributed by atoms with Crippen molar-refractivity contribution in [2.75, 3.05) is 14.2 Å². The van der Waals surface area contributed by atoms with Crippen LogP contribution in [0.1, 0.15) is 30.4 Å². The molecule has 2 aromatic carbocycles. The van der Waals surface area contributed by atoms with Gasteiger partial charge in [-0.2, -0.15) is 0 Å². The number of ether oxygens (including phenoxy) is 1. The first-order valence-corrected chi connectivity index (χ1v) is 11.3. The van der Waals surface area contributed by atoms with Gasteiger partial charge in [-0.3, -0.25) is 14.4 Å². The monoisotopic (exact) mass is 465 g/mol. The summed E-state index contributed by atoms with van der Waals surface area (Å²) in [6.45, 7) is 0. The Kier molecular flexibility index (Phi) is 8.67. The van der Waals surface area contributed by atoms with Gasteiger partial charge in [-0.05, 0) is 48.6 Å². The zero-order valence-corrected chi connectivity index (χ0v) is 19.5. The number of carboxylic acid groups (broad SMARTS) is 1. The van der Waals surface area contributed by atoms with Crippen LogP contribution in [-0.4, -0.2) is 48.1 Å². The molecule has 180 valence electrons. The van der Waals surface area contributed by atoms with Crippen LogP contribution < -0.4 is 15.4 Å². The summed E-state index contributed by atoms with van der Waals surface area (Å²) in [5.41, 5.74) is 2.93. The van der Waals surface area contributed by atoms with Gasteiger partial charge in [0.05, 0.1) is 13.5 Å². The molecule has 2 unspecified atom stereocenters. The maximum atomic E-state index is 13.0. The number of aromatic nitrogens is 1. The number of hydrogen-bond acceptors (Lipinski definition) is 4. The average molecular weight is 466 g/mol. The van der Waals surface area contributed by atoms with Crippen molar-refractivity contribution in [3.8, 4) is 5.75 Å². The fraction of sp³-hybridized carbons (Fsp3) is 0.346. The number of likely N-dealkylation sites (N-methyl/N-ethyl adjacent to an activating group) is 1. The molecule has 2 amide bonds. The van der Waals surface area contributed by atoms with Gasteiger partial charge in [0.2, 0.25) is 11.8 Å². The predicted octanol–water partition coefficient (Wildman–Crippen LogP) is 3.06. The molecule has 4 N–H and O–H groups in total. The molecular formula is C26H31N3O5. The summed E-state index contributed by atoms with van der Waals surface area (Å²) in [5, 5.41) is 15.7. The van der Waals surface area contributed by atoms with Crippen LogP contribution in [0.3, 0.4) is 0 Å². The lowest BCUT2D eigenvalue weighted by Crippen LogP contribution is -2.49. The first kappa shape index (κ1) is 24.8. The number of carbonyl (C=O) groups is 3.